The molecule has 9 nitrogen and oxygen atoms in total. The number of piperazine rings is 1. The Balaban J connectivity index is 1.41. The van der Waals surface area contributed by atoms with E-state index in [0.29, 0.717) is 17.1 Å². The van der Waals surface area contributed by atoms with Gasteiger partial charge in [-0.2, -0.15) is 0 Å². The summed E-state index contributed by atoms with van der Waals surface area (Å²) in [5, 5.41) is 0.649. The van der Waals surface area contributed by atoms with Crippen molar-refractivity contribution in [2.24, 2.45) is 5.73 Å². The fraction of sp³-hybridized carbons (Fsp3) is 0.538. The Bertz CT molecular complexity index is 1070. The summed E-state index contributed by atoms with van der Waals surface area (Å²) in [6.45, 7) is 8.37. The van der Waals surface area contributed by atoms with Crippen LogP contribution < -0.4 is 10.6 Å². The van der Waals surface area contributed by atoms with Gasteiger partial charge in [-0.15, -0.1) is 0 Å². The van der Waals surface area contributed by atoms with Gasteiger partial charge in [0.2, 0.25) is 0 Å². The number of ether oxygens (including phenoxy) is 1. The smallest absolute Gasteiger partial charge is 0.327 e. The standard InChI is InChI=1S/C26H35ClN6O3/c1-4-20-16-32(25-17(2)30-22(15-29-25)24(28)34)13-14-33(20)21-9-11-31(12-10-21)23(26(35)36-3)18-5-7-19(27)8-6-18/h5-8,15,20-21,23H,4,9-14,16H2,1-3H3,(H2,28,34)/t20-,23+/m0/s1. The van der Waals surface area contributed by atoms with Gasteiger partial charge < -0.3 is 15.4 Å². The van der Waals surface area contributed by atoms with Gasteiger partial charge in [0.25, 0.3) is 5.91 Å². The Morgan fingerprint density at radius 2 is 1.86 bits per heavy atom. The molecule has 10 heteroatoms. The lowest BCUT2D eigenvalue weighted by Crippen LogP contribution is -2.59. The molecule has 0 radical (unpaired) electrons. The molecule has 36 heavy (non-hydrogen) atoms. The zero-order valence-electron chi connectivity index (χ0n) is 21.2. The van der Waals surface area contributed by atoms with Crippen molar-refractivity contribution in [3.63, 3.8) is 0 Å². The van der Waals surface area contributed by atoms with Crippen LogP contribution in [0.3, 0.4) is 0 Å². The lowest BCUT2D eigenvalue weighted by molar-refractivity contribution is -0.148. The van der Waals surface area contributed by atoms with Crippen molar-refractivity contribution in [2.45, 2.75) is 51.2 Å². The second-order valence-electron chi connectivity index (χ2n) is 9.52. The van der Waals surface area contributed by atoms with Crippen molar-refractivity contribution in [3.8, 4) is 0 Å². The van der Waals surface area contributed by atoms with Crippen LogP contribution in [-0.2, 0) is 9.53 Å². The first-order valence-electron chi connectivity index (χ1n) is 12.5. The first kappa shape index (κ1) is 26.3. The zero-order valence-corrected chi connectivity index (χ0v) is 21.9. The number of carbonyl (C=O) groups excluding carboxylic acids is 2. The van der Waals surface area contributed by atoms with Gasteiger partial charge in [0.15, 0.2) is 0 Å². The van der Waals surface area contributed by atoms with Gasteiger partial charge in [-0.1, -0.05) is 30.7 Å². The molecule has 2 aromatic rings. The maximum absolute atomic E-state index is 12.7. The molecule has 2 saturated heterocycles. The molecule has 2 fully saturated rings. The maximum atomic E-state index is 12.7. The third kappa shape index (κ3) is 5.63. The minimum atomic E-state index is -0.565. The molecule has 2 N–H and O–H groups in total. The summed E-state index contributed by atoms with van der Waals surface area (Å²) in [5.74, 6) is 0.0108. The number of piperidine rings is 1. The Hall–Kier alpha value is -2.75. The fourth-order valence-corrected chi connectivity index (χ4v) is 5.66. The number of benzene rings is 1. The number of likely N-dealkylation sites (tertiary alicyclic amines) is 1. The molecular formula is C26H35ClN6O3. The second-order valence-corrected chi connectivity index (χ2v) is 9.96. The first-order valence-corrected chi connectivity index (χ1v) is 12.9. The third-order valence-electron chi connectivity index (χ3n) is 7.42. The molecule has 1 aromatic heterocycles. The van der Waals surface area contributed by atoms with Gasteiger partial charge >= 0.3 is 5.97 Å². The van der Waals surface area contributed by atoms with Crippen molar-refractivity contribution in [1.29, 1.82) is 0 Å². The third-order valence-corrected chi connectivity index (χ3v) is 7.67. The number of rotatable bonds is 7. The van der Waals surface area contributed by atoms with Crippen molar-refractivity contribution in [1.82, 2.24) is 19.8 Å². The number of carbonyl (C=O) groups is 2. The van der Waals surface area contributed by atoms with Crippen LogP contribution in [0.15, 0.2) is 30.5 Å². The van der Waals surface area contributed by atoms with E-state index in [4.69, 9.17) is 22.1 Å². The molecule has 1 amide bonds. The monoisotopic (exact) mass is 514 g/mol. The van der Waals surface area contributed by atoms with Gasteiger partial charge in [-0.25, -0.2) is 14.8 Å². The van der Waals surface area contributed by atoms with Crippen LogP contribution in [0.2, 0.25) is 5.02 Å². The predicted molar refractivity (Wildman–Crippen MR) is 139 cm³/mol. The summed E-state index contributed by atoms with van der Waals surface area (Å²) >= 11 is 6.06. The lowest BCUT2D eigenvalue weighted by atomic mass is 9.95. The molecular weight excluding hydrogens is 480 g/mol. The van der Waals surface area contributed by atoms with Gasteiger partial charge in [-0.3, -0.25) is 14.6 Å². The zero-order chi connectivity index (χ0) is 25.8. The van der Waals surface area contributed by atoms with Crippen LogP contribution in [0.5, 0.6) is 0 Å². The highest BCUT2D eigenvalue weighted by molar-refractivity contribution is 6.30. The topological polar surface area (TPSA) is 105 Å². The van der Waals surface area contributed by atoms with Crippen LogP contribution in [0.25, 0.3) is 0 Å². The molecule has 1 aromatic carbocycles. The van der Waals surface area contributed by atoms with E-state index in [2.05, 4.69) is 31.6 Å². The summed E-state index contributed by atoms with van der Waals surface area (Å²) in [6, 6.07) is 7.88. The van der Waals surface area contributed by atoms with Gasteiger partial charge in [0.05, 0.1) is 19.0 Å². The number of primary amides is 1. The average molecular weight is 515 g/mol. The van der Waals surface area contributed by atoms with E-state index in [9.17, 15) is 9.59 Å². The quantitative estimate of drug-likeness (QED) is 0.562. The number of amides is 1. The summed E-state index contributed by atoms with van der Waals surface area (Å²) in [7, 11) is 1.44. The molecule has 4 rings (SSSR count). The molecule has 0 bridgehead atoms. The van der Waals surface area contributed by atoms with Gasteiger partial charge in [0.1, 0.15) is 17.6 Å². The molecule has 2 aliphatic heterocycles. The van der Waals surface area contributed by atoms with E-state index < -0.39 is 11.9 Å². The van der Waals surface area contributed by atoms with Crippen LogP contribution in [0.1, 0.15) is 54.0 Å². The summed E-state index contributed by atoms with van der Waals surface area (Å²) in [4.78, 5) is 40.1. The number of methoxy groups -OCH3 is 1. The van der Waals surface area contributed by atoms with Gasteiger partial charge in [-0.05, 0) is 43.9 Å². The van der Waals surface area contributed by atoms with Crippen LogP contribution in [0, 0.1) is 6.92 Å². The van der Waals surface area contributed by atoms with Crippen molar-refractivity contribution in [2.75, 3.05) is 44.7 Å². The number of anilines is 1. The Morgan fingerprint density at radius 3 is 2.44 bits per heavy atom. The molecule has 2 aliphatic rings. The largest absolute Gasteiger partial charge is 0.468 e. The number of aryl methyl sites for hydroxylation is 1. The summed E-state index contributed by atoms with van der Waals surface area (Å²) in [5.41, 5.74) is 7.17. The lowest BCUT2D eigenvalue weighted by Gasteiger charge is -2.48. The predicted octanol–water partition coefficient (Wildman–Crippen LogP) is 2.82. The van der Waals surface area contributed by atoms with Crippen LogP contribution in [-0.4, -0.2) is 83.6 Å². The minimum absolute atomic E-state index is 0.192. The fourth-order valence-electron chi connectivity index (χ4n) is 5.54. The molecule has 0 aliphatic carbocycles. The number of hydrogen-bond acceptors (Lipinski definition) is 8. The SMILES string of the molecule is CC[C@H]1CN(c2ncc(C(N)=O)nc2C)CCN1C1CCN([C@@H](C(=O)OC)c2ccc(Cl)cc2)CC1. The summed E-state index contributed by atoms with van der Waals surface area (Å²) in [6.07, 6.45) is 4.47. The molecule has 0 unspecified atom stereocenters. The number of halogens is 1. The van der Waals surface area contributed by atoms with E-state index in [-0.39, 0.29) is 11.7 Å². The van der Waals surface area contributed by atoms with E-state index in [1.54, 1.807) is 0 Å². The number of nitrogens with two attached hydrogens (primary N) is 1. The minimum Gasteiger partial charge on any atom is -0.468 e. The normalized spacial score (nSPS) is 20.8. The number of esters is 1. The van der Waals surface area contributed by atoms with E-state index >= 15 is 0 Å². The van der Waals surface area contributed by atoms with Crippen molar-refractivity contribution < 1.29 is 14.3 Å². The Morgan fingerprint density at radius 1 is 1.17 bits per heavy atom. The average Bonchev–Trinajstić information content (AvgIpc) is 2.89. The summed E-state index contributed by atoms with van der Waals surface area (Å²) < 4.78 is 5.15. The highest BCUT2D eigenvalue weighted by atomic mass is 35.5. The number of aromatic nitrogens is 2. The molecule has 0 saturated carbocycles. The number of hydrogen-bond donors (Lipinski definition) is 1. The van der Waals surface area contributed by atoms with Crippen molar-refractivity contribution >= 4 is 29.3 Å². The highest BCUT2D eigenvalue weighted by Crippen LogP contribution is 2.31. The Labute approximate surface area is 217 Å². The van der Waals surface area contributed by atoms with Gasteiger partial charge in [0, 0.05) is 49.8 Å². The number of nitrogens with zero attached hydrogens (tertiary/aromatic N) is 5. The molecule has 3 heterocycles. The molecule has 0 spiro atoms. The van der Waals surface area contributed by atoms with Crippen LogP contribution >= 0.6 is 11.6 Å². The Kier molecular flexibility index (Phi) is 8.43. The van der Waals surface area contributed by atoms with Crippen molar-refractivity contribution in [3.05, 3.63) is 52.4 Å². The molecule has 2 atom stereocenters. The van der Waals surface area contributed by atoms with Crippen LogP contribution in [0.4, 0.5) is 5.82 Å². The highest BCUT2D eigenvalue weighted by Gasteiger charge is 2.37. The van der Waals surface area contributed by atoms with E-state index in [0.717, 1.165) is 69.1 Å². The van der Waals surface area contributed by atoms with E-state index in [1.165, 1.54) is 13.3 Å². The molecule has 194 valence electrons. The first-order chi connectivity index (χ1) is 17.3. The second kappa shape index (κ2) is 11.5. The van der Waals surface area contributed by atoms with E-state index in [1.807, 2.05) is 31.2 Å². The maximum Gasteiger partial charge on any atom is 0.327 e.